The van der Waals surface area contributed by atoms with Gasteiger partial charge in [-0.3, -0.25) is 4.79 Å². The Morgan fingerprint density at radius 3 is 2.38 bits per heavy atom. The maximum atomic E-state index is 12.4. The Labute approximate surface area is 123 Å². The molecule has 102 valence electrons. The second kappa shape index (κ2) is 4.83. The van der Waals surface area contributed by atoms with Gasteiger partial charge in [0.1, 0.15) is 6.10 Å². The van der Waals surface area contributed by atoms with Crippen LogP contribution in [0.4, 0.5) is 0 Å². The Balaban J connectivity index is 1.66. The van der Waals surface area contributed by atoms with Gasteiger partial charge in [-0.05, 0) is 16.3 Å². The van der Waals surface area contributed by atoms with E-state index in [-0.39, 0.29) is 18.0 Å². The molecule has 1 aliphatic heterocycles. The molecule has 4 rings (SSSR count). The summed E-state index contributed by atoms with van der Waals surface area (Å²) in [7, 11) is 0. The maximum Gasteiger partial charge on any atom is 0.194 e. The molecule has 0 aliphatic carbocycles. The van der Waals surface area contributed by atoms with E-state index < -0.39 is 0 Å². The Morgan fingerprint density at radius 1 is 0.810 bits per heavy atom. The molecule has 1 fully saturated rings. The summed E-state index contributed by atoms with van der Waals surface area (Å²) in [5, 5.41) is 2.34. The van der Waals surface area contributed by atoms with E-state index in [9.17, 15) is 4.79 Å². The van der Waals surface area contributed by atoms with Gasteiger partial charge >= 0.3 is 0 Å². The molecule has 2 atom stereocenters. The van der Waals surface area contributed by atoms with Gasteiger partial charge < -0.3 is 4.74 Å². The van der Waals surface area contributed by atoms with Crippen molar-refractivity contribution < 1.29 is 9.53 Å². The molecule has 0 amide bonds. The van der Waals surface area contributed by atoms with Crippen LogP contribution in [-0.4, -0.2) is 11.9 Å². The van der Waals surface area contributed by atoms with Gasteiger partial charge in [-0.25, -0.2) is 0 Å². The van der Waals surface area contributed by atoms with Gasteiger partial charge in [0.25, 0.3) is 0 Å². The molecule has 21 heavy (non-hydrogen) atoms. The first-order valence-corrected chi connectivity index (χ1v) is 7.07. The quantitative estimate of drug-likeness (QED) is 0.530. The molecule has 0 unspecified atom stereocenters. The number of Topliss-reactive ketones (excluding diaryl/α,β-unsaturated/α-hetero) is 1. The molecular weight excluding hydrogens is 260 g/mol. The van der Waals surface area contributed by atoms with Crippen molar-refractivity contribution in [2.75, 3.05) is 0 Å². The molecule has 1 saturated heterocycles. The summed E-state index contributed by atoms with van der Waals surface area (Å²) in [5.41, 5.74) is 1.81. The highest BCUT2D eigenvalue weighted by molar-refractivity contribution is 6.02. The molecule has 3 aromatic rings. The van der Waals surface area contributed by atoms with Crippen LogP contribution in [0.1, 0.15) is 22.0 Å². The van der Waals surface area contributed by atoms with E-state index in [4.69, 9.17) is 4.74 Å². The molecular formula is C19H14O2. The molecule has 0 radical (unpaired) electrons. The zero-order valence-electron chi connectivity index (χ0n) is 11.4. The maximum absolute atomic E-state index is 12.4. The van der Waals surface area contributed by atoms with Gasteiger partial charge in [0.2, 0.25) is 0 Å². The summed E-state index contributed by atoms with van der Waals surface area (Å²) in [6, 6.07) is 23.7. The number of hydrogen-bond donors (Lipinski definition) is 0. The number of ether oxygens (including phenoxy) is 1. The molecule has 0 saturated carbocycles. The minimum absolute atomic E-state index is 0.0635. The third-order valence-corrected chi connectivity index (χ3v) is 3.94. The molecule has 1 aliphatic rings. The van der Waals surface area contributed by atoms with Crippen molar-refractivity contribution in [3.8, 4) is 0 Å². The number of carbonyl (C=O) groups is 1. The zero-order valence-corrected chi connectivity index (χ0v) is 11.4. The molecule has 0 bridgehead atoms. The van der Waals surface area contributed by atoms with Crippen LogP contribution in [0.15, 0.2) is 72.8 Å². The Hall–Kier alpha value is -2.45. The van der Waals surface area contributed by atoms with Crippen LogP contribution < -0.4 is 0 Å². The first kappa shape index (κ1) is 12.3. The van der Waals surface area contributed by atoms with Crippen LogP contribution in [0.5, 0.6) is 0 Å². The number of epoxide rings is 1. The summed E-state index contributed by atoms with van der Waals surface area (Å²) < 4.78 is 5.68. The number of rotatable bonds is 3. The average molecular weight is 274 g/mol. The molecule has 0 spiro atoms. The van der Waals surface area contributed by atoms with Crippen LogP contribution in [0.25, 0.3) is 10.8 Å². The van der Waals surface area contributed by atoms with Crippen molar-refractivity contribution in [2.24, 2.45) is 0 Å². The highest BCUT2D eigenvalue weighted by atomic mass is 16.6. The lowest BCUT2D eigenvalue weighted by Crippen LogP contribution is -2.07. The largest absolute Gasteiger partial charge is 0.356 e. The van der Waals surface area contributed by atoms with Gasteiger partial charge in [0.05, 0.1) is 0 Å². The van der Waals surface area contributed by atoms with E-state index in [1.165, 1.54) is 5.39 Å². The standard InChI is InChI=1S/C19H14O2/c20-17(14-8-2-1-3-9-14)19-18(21-19)16-12-6-10-13-7-4-5-11-15(13)16/h1-12,18-19H/t18-,19-/m1/s1. The number of fused-ring (bicyclic) bond motifs is 1. The van der Waals surface area contributed by atoms with Crippen molar-refractivity contribution in [2.45, 2.75) is 12.2 Å². The molecule has 1 heterocycles. The number of carbonyl (C=O) groups excluding carboxylic acids is 1. The summed E-state index contributed by atoms with van der Waals surface area (Å²) in [6.07, 6.45) is -0.470. The minimum atomic E-state index is -0.349. The van der Waals surface area contributed by atoms with E-state index in [0.717, 1.165) is 10.9 Å². The Bertz CT molecular complexity index is 803. The molecule has 0 aromatic heterocycles. The monoisotopic (exact) mass is 274 g/mol. The number of benzene rings is 3. The van der Waals surface area contributed by atoms with Gasteiger partial charge in [-0.2, -0.15) is 0 Å². The molecule has 3 aromatic carbocycles. The van der Waals surface area contributed by atoms with Gasteiger partial charge in [0, 0.05) is 5.56 Å². The molecule has 2 nitrogen and oxygen atoms in total. The van der Waals surface area contributed by atoms with Crippen LogP contribution in [0, 0.1) is 0 Å². The Morgan fingerprint density at radius 2 is 1.52 bits per heavy atom. The van der Waals surface area contributed by atoms with Crippen molar-refractivity contribution in [1.82, 2.24) is 0 Å². The number of ketones is 1. The highest BCUT2D eigenvalue weighted by Crippen LogP contribution is 2.43. The van der Waals surface area contributed by atoms with Crippen LogP contribution in [0.3, 0.4) is 0 Å². The molecule has 2 heteroatoms. The summed E-state index contributed by atoms with van der Waals surface area (Å²) in [4.78, 5) is 12.4. The Kier molecular flexibility index (Phi) is 2.83. The van der Waals surface area contributed by atoms with Gasteiger partial charge in [-0.15, -0.1) is 0 Å². The fourth-order valence-electron chi connectivity index (χ4n) is 2.81. The average Bonchev–Trinajstić information content (AvgIpc) is 3.35. The van der Waals surface area contributed by atoms with Crippen molar-refractivity contribution in [1.29, 1.82) is 0 Å². The second-order valence-electron chi connectivity index (χ2n) is 5.28. The van der Waals surface area contributed by atoms with Crippen LogP contribution in [-0.2, 0) is 4.74 Å². The summed E-state index contributed by atoms with van der Waals surface area (Å²) in [6.45, 7) is 0. The van der Waals surface area contributed by atoms with Crippen molar-refractivity contribution in [3.63, 3.8) is 0 Å². The first-order chi connectivity index (χ1) is 10.3. The third-order valence-electron chi connectivity index (χ3n) is 3.94. The van der Waals surface area contributed by atoms with Crippen LogP contribution in [0.2, 0.25) is 0 Å². The van der Waals surface area contributed by atoms with E-state index in [0.29, 0.717) is 5.56 Å². The fraction of sp³-hybridized carbons (Fsp3) is 0.105. The predicted molar refractivity (Wildman–Crippen MR) is 82.3 cm³/mol. The smallest absolute Gasteiger partial charge is 0.194 e. The van der Waals surface area contributed by atoms with Gasteiger partial charge in [-0.1, -0.05) is 72.8 Å². The van der Waals surface area contributed by atoms with E-state index in [1.807, 2.05) is 54.6 Å². The third kappa shape index (κ3) is 2.14. The van der Waals surface area contributed by atoms with Crippen molar-refractivity contribution >= 4 is 16.6 Å². The first-order valence-electron chi connectivity index (χ1n) is 7.07. The molecule has 0 N–H and O–H groups in total. The topological polar surface area (TPSA) is 29.6 Å². The number of hydrogen-bond acceptors (Lipinski definition) is 2. The van der Waals surface area contributed by atoms with E-state index >= 15 is 0 Å². The zero-order chi connectivity index (χ0) is 14.2. The SMILES string of the molecule is O=C(c1ccccc1)[C@H]1O[C@@H]1c1cccc2ccccc12. The predicted octanol–water partition coefficient (Wildman–Crippen LogP) is 4.16. The van der Waals surface area contributed by atoms with E-state index in [2.05, 4.69) is 18.2 Å². The second-order valence-corrected chi connectivity index (χ2v) is 5.28. The minimum Gasteiger partial charge on any atom is -0.356 e. The fourth-order valence-corrected chi connectivity index (χ4v) is 2.81. The van der Waals surface area contributed by atoms with Gasteiger partial charge in [0.15, 0.2) is 11.9 Å². The lowest BCUT2D eigenvalue weighted by Gasteiger charge is -2.03. The van der Waals surface area contributed by atoms with Crippen LogP contribution >= 0.6 is 0 Å². The lowest BCUT2D eigenvalue weighted by molar-refractivity contribution is 0.0953. The van der Waals surface area contributed by atoms with E-state index in [1.54, 1.807) is 0 Å². The van der Waals surface area contributed by atoms with Crippen molar-refractivity contribution in [3.05, 3.63) is 83.9 Å². The normalized spacial score (nSPS) is 20.4. The lowest BCUT2D eigenvalue weighted by atomic mass is 9.98. The highest BCUT2D eigenvalue weighted by Gasteiger charge is 2.46. The summed E-state index contributed by atoms with van der Waals surface area (Å²) in [5.74, 6) is 0.0635. The summed E-state index contributed by atoms with van der Waals surface area (Å²) >= 11 is 0.